The Morgan fingerprint density at radius 3 is 2.72 bits per heavy atom. The quantitative estimate of drug-likeness (QED) is 0.920. The Morgan fingerprint density at radius 2 is 2.11 bits per heavy atom. The molecule has 0 bridgehead atoms. The number of ether oxygens (including phenoxy) is 1. The second-order valence-corrected chi connectivity index (χ2v) is 5.36. The molecule has 0 spiro atoms. The normalized spacial score (nSPS) is 23.7. The van der Waals surface area contributed by atoms with Crippen LogP contribution in [0.25, 0.3) is 0 Å². The zero-order valence-corrected chi connectivity index (χ0v) is 11.9. The van der Waals surface area contributed by atoms with Crippen LogP contribution < -0.4 is 5.73 Å². The van der Waals surface area contributed by atoms with Crippen molar-refractivity contribution >= 4 is 21.8 Å². The molecule has 0 radical (unpaired) electrons. The fraction of sp³-hybridized carbons (Fsp3) is 0.462. The van der Waals surface area contributed by atoms with Crippen LogP contribution in [0.3, 0.4) is 0 Å². The molecule has 1 heterocycles. The molecule has 4 nitrogen and oxygen atoms in total. The van der Waals surface area contributed by atoms with Gasteiger partial charge in [-0.2, -0.15) is 0 Å². The number of methoxy groups -OCH3 is 1. The second kappa shape index (κ2) is 5.82. The molecule has 1 amide bonds. The smallest absolute Gasteiger partial charge is 0.224 e. The molecule has 0 aromatic heterocycles. The molecule has 0 aliphatic carbocycles. The van der Waals surface area contributed by atoms with Gasteiger partial charge in [0, 0.05) is 30.6 Å². The maximum Gasteiger partial charge on any atom is 0.224 e. The Bertz CT molecular complexity index is 422. The summed E-state index contributed by atoms with van der Waals surface area (Å²) in [6.07, 6.45) is 0.407. The van der Waals surface area contributed by atoms with Crippen LogP contribution in [0.1, 0.15) is 18.0 Å². The van der Waals surface area contributed by atoms with Crippen LogP contribution in [0.2, 0.25) is 0 Å². The molecule has 1 aliphatic rings. The first-order valence-corrected chi connectivity index (χ1v) is 6.72. The topological polar surface area (TPSA) is 55.6 Å². The Morgan fingerprint density at radius 1 is 1.44 bits per heavy atom. The molecule has 2 rings (SSSR count). The summed E-state index contributed by atoms with van der Waals surface area (Å²) in [5, 5.41) is 0. The number of hydrogen-bond acceptors (Lipinski definition) is 3. The van der Waals surface area contributed by atoms with E-state index in [0.29, 0.717) is 19.6 Å². The van der Waals surface area contributed by atoms with Crippen LogP contribution in [0.15, 0.2) is 28.7 Å². The van der Waals surface area contributed by atoms with Gasteiger partial charge in [-0.15, -0.1) is 0 Å². The average molecular weight is 313 g/mol. The van der Waals surface area contributed by atoms with Gasteiger partial charge in [-0.1, -0.05) is 28.1 Å². The van der Waals surface area contributed by atoms with Crippen LogP contribution in [0, 0.1) is 0 Å². The third kappa shape index (κ3) is 2.74. The summed E-state index contributed by atoms with van der Waals surface area (Å²) >= 11 is 3.41. The van der Waals surface area contributed by atoms with Gasteiger partial charge in [-0.25, -0.2) is 0 Å². The summed E-state index contributed by atoms with van der Waals surface area (Å²) in [5.74, 6) is 0.104. The van der Waals surface area contributed by atoms with E-state index in [1.165, 1.54) is 0 Å². The lowest BCUT2D eigenvalue weighted by molar-refractivity contribution is -0.129. The average Bonchev–Trinajstić information content (AvgIpc) is 2.62. The molecule has 1 aromatic rings. The van der Waals surface area contributed by atoms with E-state index >= 15 is 0 Å². The Kier molecular flexibility index (Phi) is 4.37. The predicted octanol–water partition coefficient (Wildman–Crippen LogP) is 1.70. The molecule has 5 heteroatoms. The number of hydrogen-bond donors (Lipinski definition) is 1. The van der Waals surface area contributed by atoms with Crippen LogP contribution in [0.4, 0.5) is 0 Å². The van der Waals surface area contributed by atoms with E-state index < -0.39 is 0 Å². The molecule has 18 heavy (non-hydrogen) atoms. The van der Waals surface area contributed by atoms with Crippen LogP contribution in [0.5, 0.6) is 0 Å². The van der Waals surface area contributed by atoms with E-state index in [1.807, 2.05) is 29.2 Å². The Hall–Kier alpha value is -0.910. The number of carbonyl (C=O) groups excluding carboxylic acids is 1. The van der Waals surface area contributed by atoms with Gasteiger partial charge in [-0.05, 0) is 17.7 Å². The van der Waals surface area contributed by atoms with E-state index in [4.69, 9.17) is 10.5 Å². The predicted molar refractivity (Wildman–Crippen MR) is 73.1 cm³/mol. The summed E-state index contributed by atoms with van der Waals surface area (Å²) in [6, 6.07) is 7.77. The first kappa shape index (κ1) is 13.5. The molecule has 2 N–H and O–H groups in total. The fourth-order valence-electron chi connectivity index (χ4n) is 2.36. The number of carbonyl (C=O) groups is 1. The van der Waals surface area contributed by atoms with Crippen molar-refractivity contribution in [2.24, 2.45) is 5.73 Å². The molecular weight excluding hydrogens is 296 g/mol. The van der Waals surface area contributed by atoms with Crippen molar-refractivity contribution in [1.82, 2.24) is 4.90 Å². The van der Waals surface area contributed by atoms with Crippen molar-refractivity contribution in [3.05, 3.63) is 34.3 Å². The van der Waals surface area contributed by atoms with Gasteiger partial charge in [0.2, 0.25) is 5.91 Å². The van der Waals surface area contributed by atoms with Crippen LogP contribution >= 0.6 is 15.9 Å². The molecular formula is C13H17BrN2O2. The van der Waals surface area contributed by atoms with Gasteiger partial charge in [0.25, 0.3) is 0 Å². The number of halogens is 1. The number of nitrogens with zero attached hydrogens (tertiary/aromatic N) is 1. The Balaban J connectivity index is 2.22. The van der Waals surface area contributed by atoms with Crippen LogP contribution in [-0.4, -0.2) is 37.1 Å². The van der Waals surface area contributed by atoms with E-state index in [1.54, 1.807) is 7.11 Å². The van der Waals surface area contributed by atoms with Gasteiger partial charge in [0.05, 0.1) is 12.6 Å². The highest BCUT2D eigenvalue weighted by molar-refractivity contribution is 9.10. The minimum absolute atomic E-state index is 0.0410. The van der Waals surface area contributed by atoms with E-state index in [9.17, 15) is 4.79 Å². The van der Waals surface area contributed by atoms with Gasteiger partial charge in [-0.3, -0.25) is 4.79 Å². The van der Waals surface area contributed by atoms with Crippen molar-refractivity contribution in [3.63, 3.8) is 0 Å². The highest BCUT2D eigenvalue weighted by atomic mass is 79.9. The zero-order valence-electron chi connectivity index (χ0n) is 10.3. The number of nitrogens with two attached hydrogens (primary N) is 1. The zero-order chi connectivity index (χ0) is 13.1. The largest absolute Gasteiger partial charge is 0.383 e. The minimum atomic E-state index is -0.143. The molecule has 2 unspecified atom stereocenters. The maximum absolute atomic E-state index is 11.9. The third-order valence-corrected chi connectivity index (χ3v) is 3.75. The SMILES string of the molecule is COCCN1C(=O)CC(N)C1c1ccc(Br)cc1. The third-order valence-electron chi connectivity index (χ3n) is 3.22. The fourth-order valence-corrected chi connectivity index (χ4v) is 2.62. The summed E-state index contributed by atoms with van der Waals surface area (Å²) in [6.45, 7) is 1.12. The van der Waals surface area contributed by atoms with Gasteiger partial charge in [0.15, 0.2) is 0 Å². The highest BCUT2D eigenvalue weighted by Gasteiger charge is 2.38. The summed E-state index contributed by atoms with van der Waals surface area (Å²) < 4.78 is 6.07. The number of amides is 1. The van der Waals surface area contributed by atoms with Gasteiger partial charge >= 0.3 is 0 Å². The van der Waals surface area contributed by atoms with E-state index in [-0.39, 0.29) is 18.0 Å². The second-order valence-electron chi connectivity index (χ2n) is 4.44. The molecule has 98 valence electrons. The van der Waals surface area contributed by atoms with Crippen molar-refractivity contribution in [2.75, 3.05) is 20.3 Å². The van der Waals surface area contributed by atoms with Gasteiger partial charge in [0.1, 0.15) is 0 Å². The van der Waals surface area contributed by atoms with Gasteiger partial charge < -0.3 is 15.4 Å². The van der Waals surface area contributed by atoms with Crippen molar-refractivity contribution in [2.45, 2.75) is 18.5 Å². The first-order chi connectivity index (χ1) is 8.63. The molecule has 1 aromatic carbocycles. The maximum atomic E-state index is 11.9. The lowest BCUT2D eigenvalue weighted by Gasteiger charge is -2.27. The standard InChI is InChI=1S/C13H17BrN2O2/c1-18-7-6-16-12(17)8-11(15)13(16)9-2-4-10(14)5-3-9/h2-5,11,13H,6-8,15H2,1H3. The number of benzene rings is 1. The molecule has 1 saturated heterocycles. The van der Waals surface area contributed by atoms with E-state index in [0.717, 1.165) is 10.0 Å². The molecule has 1 aliphatic heterocycles. The van der Waals surface area contributed by atoms with Crippen molar-refractivity contribution in [3.8, 4) is 0 Å². The van der Waals surface area contributed by atoms with Crippen molar-refractivity contribution in [1.29, 1.82) is 0 Å². The summed E-state index contributed by atoms with van der Waals surface area (Å²) in [7, 11) is 1.63. The van der Waals surface area contributed by atoms with Crippen molar-refractivity contribution < 1.29 is 9.53 Å². The molecule has 1 fully saturated rings. The monoisotopic (exact) mass is 312 g/mol. The first-order valence-electron chi connectivity index (χ1n) is 5.93. The summed E-state index contributed by atoms with van der Waals surface area (Å²) in [5.41, 5.74) is 7.16. The van der Waals surface area contributed by atoms with Crippen LogP contribution in [-0.2, 0) is 9.53 Å². The lowest BCUT2D eigenvalue weighted by Crippen LogP contribution is -2.35. The minimum Gasteiger partial charge on any atom is -0.383 e. The highest BCUT2D eigenvalue weighted by Crippen LogP contribution is 2.32. The number of rotatable bonds is 4. The number of likely N-dealkylation sites (tertiary alicyclic amines) is 1. The van der Waals surface area contributed by atoms with E-state index in [2.05, 4.69) is 15.9 Å². The summed E-state index contributed by atoms with van der Waals surface area (Å²) in [4.78, 5) is 13.7. The Labute approximate surface area is 115 Å². The molecule has 2 atom stereocenters. The lowest BCUT2D eigenvalue weighted by atomic mass is 10.0. The molecule has 0 saturated carbocycles.